The molecule has 0 saturated carbocycles. The highest BCUT2D eigenvalue weighted by Crippen LogP contribution is 2.44. The molecule has 0 spiro atoms. The van der Waals surface area contributed by atoms with Crippen molar-refractivity contribution in [2.75, 3.05) is 0 Å². The summed E-state index contributed by atoms with van der Waals surface area (Å²) < 4.78 is 2.40. The molecule has 0 bridgehead atoms. The lowest BCUT2D eigenvalue weighted by molar-refractivity contribution is 1.17. The third-order valence-electron chi connectivity index (χ3n) is 9.21. The van der Waals surface area contributed by atoms with E-state index >= 15 is 0 Å². The van der Waals surface area contributed by atoms with E-state index in [1.807, 2.05) is 24.3 Å². The zero-order valence-corrected chi connectivity index (χ0v) is 26.7. The predicted octanol–water partition coefficient (Wildman–Crippen LogP) is 11.9. The van der Waals surface area contributed by atoms with E-state index in [2.05, 4.69) is 168 Å². The second-order valence-corrected chi connectivity index (χ2v) is 12.2. The Hall–Kier alpha value is -6.58. The van der Waals surface area contributed by atoms with Gasteiger partial charge >= 0.3 is 0 Å². The average Bonchev–Trinajstić information content (AvgIpc) is 3.53. The zero-order valence-electron chi connectivity index (χ0n) is 26.7. The first-order chi connectivity index (χ1) is 24.3. The van der Waals surface area contributed by atoms with Gasteiger partial charge in [-0.25, -0.2) is 9.97 Å². The number of aromatic nitrogens is 3. The molecule has 0 amide bonds. The van der Waals surface area contributed by atoms with E-state index in [9.17, 15) is 0 Å². The maximum absolute atomic E-state index is 5.35. The second kappa shape index (κ2) is 12.2. The molecule has 49 heavy (non-hydrogen) atoms. The van der Waals surface area contributed by atoms with Crippen LogP contribution >= 0.6 is 0 Å². The Morgan fingerprint density at radius 3 is 1.27 bits per heavy atom. The number of nitrogens with zero attached hydrogens (tertiary/aromatic N) is 3. The molecule has 9 rings (SSSR count). The summed E-state index contributed by atoms with van der Waals surface area (Å²) in [5.74, 6) is 0.696. The first kappa shape index (κ1) is 28.6. The number of benzene rings is 7. The molecule has 0 aliphatic carbocycles. The molecule has 0 fully saturated rings. The van der Waals surface area contributed by atoms with Gasteiger partial charge in [0, 0.05) is 33.2 Å². The van der Waals surface area contributed by atoms with E-state index < -0.39 is 0 Å². The van der Waals surface area contributed by atoms with Crippen LogP contribution in [0.5, 0.6) is 0 Å². The van der Waals surface area contributed by atoms with Gasteiger partial charge in [-0.15, -0.1) is 0 Å². The summed E-state index contributed by atoms with van der Waals surface area (Å²) in [7, 11) is 0. The summed E-state index contributed by atoms with van der Waals surface area (Å²) >= 11 is 0. The number of rotatable bonds is 6. The van der Waals surface area contributed by atoms with Crippen LogP contribution < -0.4 is 0 Å². The van der Waals surface area contributed by atoms with Crippen molar-refractivity contribution in [2.45, 2.75) is 0 Å². The van der Waals surface area contributed by atoms with Crippen LogP contribution in [0.1, 0.15) is 0 Å². The minimum atomic E-state index is 0.696. The van der Waals surface area contributed by atoms with Gasteiger partial charge in [-0.3, -0.25) is 0 Å². The molecule has 7 aromatic carbocycles. The van der Waals surface area contributed by atoms with E-state index in [0.717, 1.165) is 56.0 Å². The van der Waals surface area contributed by atoms with E-state index in [1.165, 1.54) is 21.8 Å². The van der Waals surface area contributed by atoms with Gasteiger partial charge in [-0.2, -0.15) is 0 Å². The Bertz CT molecular complexity index is 2400. The van der Waals surface area contributed by atoms with Crippen LogP contribution in [-0.4, -0.2) is 14.5 Å². The Morgan fingerprint density at radius 1 is 0.347 bits per heavy atom. The highest BCUT2D eigenvalue weighted by molar-refractivity contribution is 6.09. The largest absolute Gasteiger partial charge is 0.309 e. The molecule has 0 aliphatic rings. The first-order valence-electron chi connectivity index (χ1n) is 16.6. The SMILES string of the molecule is c1ccc(-c2cc(-c3c(-c4ccccc4)cc(-n4c5ccccc5c5ccccc54)cc3-c3ccccc3)nc(-c3ccccc3)n2)cc1. The molecule has 0 atom stereocenters. The van der Waals surface area contributed by atoms with Crippen LogP contribution in [0.25, 0.3) is 83.6 Å². The van der Waals surface area contributed by atoms with Crippen LogP contribution in [0.3, 0.4) is 0 Å². The maximum atomic E-state index is 5.35. The van der Waals surface area contributed by atoms with Crippen molar-refractivity contribution in [1.82, 2.24) is 14.5 Å². The Labute approximate surface area is 285 Å². The minimum absolute atomic E-state index is 0.696. The molecule has 3 heteroatoms. The van der Waals surface area contributed by atoms with Gasteiger partial charge in [0.15, 0.2) is 5.82 Å². The van der Waals surface area contributed by atoms with Crippen molar-refractivity contribution >= 4 is 21.8 Å². The fourth-order valence-electron chi connectivity index (χ4n) is 6.97. The van der Waals surface area contributed by atoms with Gasteiger partial charge in [0.2, 0.25) is 0 Å². The third-order valence-corrected chi connectivity index (χ3v) is 9.21. The molecular weight excluding hydrogens is 595 g/mol. The summed E-state index contributed by atoms with van der Waals surface area (Å²) in [5.41, 5.74) is 12.8. The summed E-state index contributed by atoms with van der Waals surface area (Å²) in [6.45, 7) is 0. The standard InChI is InChI=1S/C46H31N3/c1-5-17-32(18-6-1)39-29-36(49-43-27-15-13-25-37(43)38-26-14-16-28-44(38)49)30-40(33-19-7-2-8-20-33)45(39)42-31-41(34-21-9-3-10-22-34)47-46(48-42)35-23-11-4-12-24-35/h1-31H. The molecule has 0 unspecified atom stereocenters. The number of hydrogen-bond donors (Lipinski definition) is 0. The van der Waals surface area contributed by atoms with Crippen molar-refractivity contribution in [3.8, 4) is 61.8 Å². The second-order valence-electron chi connectivity index (χ2n) is 12.2. The van der Waals surface area contributed by atoms with Gasteiger partial charge in [0.05, 0.1) is 22.4 Å². The van der Waals surface area contributed by atoms with Gasteiger partial charge in [-0.05, 0) is 52.6 Å². The monoisotopic (exact) mass is 625 g/mol. The number of hydrogen-bond acceptors (Lipinski definition) is 2. The zero-order chi connectivity index (χ0) is 32.6. The molecule has 0 N–H and O–H groups in total. The van der Waals surface area contributed by atoms with Crippen molar-refractivity contribution in [2.24, 2.45) is 0 Å². The van der Waals surface area contributed by atoms with E-state index in [0.29, 0.717) is 5.82 Å². The highest BCUT2D eigenvalue weighted by atomic mass is 15.0. The Kier molecular flexibility index (Phi) is 7.14. The lowest BCUT2D eigenvalue weighted by Crippen LogP contribution is -2.01. The smallest absolute Gasteiger partial charge is 0.160 e. The molecular formula is C46H31N3. The summed E-state index contributed by atoms with van der Waals surface area (Å²) in [4.78, 5) is 10.5. The molecule has 3 nitrogen and oxygen atoms in total. The lowest BCUT2D eigenvalue weighted by atomic mass is 9.88. The summed E-state index contributed by atoms with van der Waals surface area (Å²) in [6, 6.07) is 66.2. The average molecular weight is 626 g/mol. The van der Waals surface area contributed by atoms with Gasteiger partial charge < -0.3 is 4.57 Å². The molecule has 0 saturated heterocycles. The predicted molar refractivity (Wildman–Crippen MR) is 204 cm³/mol. The van der Waals surface area contributed by atoms with Crippen LogP contribution in [0.15, 0.2) is 188 Å². The fourth-order valence-corrected chi connectivity index (χ4v) is 6.97. The molecule has 0 aliphatic heterocycles. The fraction of sp³-hybridized carbons (Fsp3) is 0. The number of para-hydroxylation sites is 2. The van der Waals surface area contributed by atoms with Crippen molar-refractivity contribution in [3.63, 3.8) is 0 Å². The Balaban J connectivity index is 1.41. The normalized spacial score (nSPS) is 11.3. The summed E-state index contributed by atoms with van der Waals surface area (Å²) in [6.07, 6.45) is 0. The van der Waals surface area contributed by atoms with Crippen LogP contribution in [0.4, 0.5) is 0 Å². The van der Waals surface area contributed by atoms with Crippen LogP contribution in [0.2, 0.25) is 0 Å². The van der Waals surface area contributed by atoms with E-state index in [-0.39, 0.29) is 0 Å². The quantitative estimate of drug-likeness (QED) is 0.184. The van der Waals surface area contributed by atoms with Crippen LogP contribution in [-0.2, 0) is 0 Å². The minimum Gasteiger partial charge on any atom is -0.309 e. The first-order valence-corrected chi connectivity index (χ1v) is 16.6. The third kappa shape index (κ3) is 5.18. The van der Waals surface area contributed by atoms with Crippen LogP contribution in [0, 0.1) is 0 Å². The summed E-state index contributed by atoms with van der Waals surface area (Å²) in [5, 5.41) is 2.47. The van der Waals surface area contributed by atoms with Gasteiger partial charge in [0.25, 0.3) is 0 Å². The van der Waals surface area contributed by atoms with Crippen molar-refractivity contribution in [1.29, 1.82) is 0 Å². The van der Waals surface area contributed by atoms with E-state index in [1.54, 1.807) is 0 Å². The van der Waals surface area contributed by atoms with E-state index in [4.69, 9.17) is 9.97 Å². The molecule has 2 aromatic heterocycles. The van der Waals surface area contributed by atoms with Gasteiger partial charge in [0.1, 0.15) is 0 Å². The highest BCUT2D eigenvalue weighted by Gasteiger charge is 2.22. The molecule has 0 radical (unpaired) electrons. The van der Waals surface area contributed by atoms with Crippen molar-refractivity contribution in [3.05, 3.63) is 188 Å². The lowest BCUT2D eigenvalue weighted by Gasteiger charge is -2.20. The molecule has 2 heterocycles. The Morgan fingerprint density at radius 2 is 0.755 bits per heavy atom. The topological polar surface area (TPSA) is 30.7 Å². The van der Waals surface area contributed by atoms with Crippen molar-refractivity contribution < 1.29 is 0 Å². The maximum Gasteiger partial charge on any atom is 0.160 e. The van der Waals surface area contributed by atoms with Gasteiger partial charge in [-0.1, -0.05) is 158 Å². The molecule has 9 aromatic rings. The molecule has 230 valence electrons. The number of fused-ring (bicyclic) bond motifs is 3.